The second-order valence-corrected chi connectivity index (χ2v) is 16.5. The molecule has 0 aromatic heterocycles. The SMILES string of the molecule is CC1=C(C)C[C@]2(O[Si](C)(C)C(C)(C)C)C(=O)[C@@]34CC(C#N)(C#N)C[C@@H]3C[C@H](O4)[C@@H]2C1. The molecule has 0 N–H and O–H groups in total. The van der Waals surface area contributed by atoms with Gasteiger partial charge in [-0.25, -0.2) is 0 Å². The molecule has 4 rings (SSSR count). The third-order valence-electron chi connectivity index (χ3n) is 8.97. The first-order valence-corrected chi connectivity index (χ1v) is 14.1. The molecule has 4 aliphatic rings. The van der Waals surface area contributed by atoms with Gasteiger partial charge in [0.15, 0.2) is 14.1 Å². The molecule has 162 valence electrons. The van der Waals surface area contributed by atoms with Crippen molar-refractivity contribution in [2.24, 2.45) is 17.3 Å². The highest BCUT2D eigenvalue weighted by molar-refractivity contribution is 6.74. The molecule has 2 aliphatic carbocycles. The lowest BCUT2D eigenvalue weighted by atomic mass is 9.65. The Hall–Kier alpha value is -1.47. The Morgan fingerprint density at radius 3 is 2.37 bits per heavy atom. The standard InChI is InChI=1S/C24H34N2O3Si/c1-15-8-18-19-9-17-11-22(13-25,14-26)12-24(17,28-19)20(27)23(18,10-16(15)2)29-30(6,7)21(3,4)5/h17-19H,8-12H2,1-7H3/t17-,18-,19-,23+,24+/m0/s1. The van der Waals surface area contributed by atoms with Crippen molar-refractivity contribution < 1.29 is 14.0 Å². The predicted molar refractivity (Wildman–Crippen MR) is 116 cm³/mol. The largest absolute Gasteiger partial charge is 0.403 e. The fraction of sp³-hybridized carbons (Fsp3) is 0.792. The molecule has 2 aliphatic heterocycles. The van der Waals surface area contributed by atoms with Crippen molar-refractivity contribution in [3.63, 3.8) is 0 Å². The van der Waals surface area contributed by atoms with Gasteiger partial charge in [0, 0.05) is 24.7 Å². The minimum atomic E-state index is -2.26. The van der Waals surface area contributed by atoms with Crippen LogP contribution in [0.15, 0.2) is 11.1 Å². The quantitative estimate of drug-likeness (QED) is 0.456. The molecule has 2 heterocycles. The number of allylic oxidation sites excluding steroid dienone is 1. The van der Waals surface area contributed by atoms with Gasteiger partial charge in [-0.1, -0.05) is 31.9 Å². The Morgan fingerprint density at radius 1 is 1.17 bits per heavy atom. The normalized spacial score (nSPS) is 39.9. The van der Waals surface area contributed by atoms with E-state index in [1.165, 1.54) is 11.1 Å². The topological polar surface area (TPSA) is 83.1 Å². The summed E-state index contributed by atoms with van der Waals surface area (Å²) in [5, 5.41) is 19.5. The van der Waals surface area contributed by atoms with Crippen molar-refractivity contribution in [2.45, 2.75) is 102 Å². The van der Waals surface area contributed by atoms with E-state index in [0.29, 0.717) is 12.8 Å². The fourth-order valence-corrected chi connectivity index (χ4v) is 7.70. The minimum absolute atomic E-state index is 0.0117. The van der Waals surface area contributed by atoms with Crippen LogP contribution in [0.4, 0.5) is 0 Å². The van der Waals surface area contributed by atoms with Crippen LogP contribution in [-0.2, 0) is 14.0 Å². The molecule has 5 atom stereocenters. The third kappa shape index (κ3) is 2.67. The summed E-state index contributed by atoms with van der Waals surface area (Å²) in [5.41, 5.74) is -0.503. The van der Waals surface area contributed by atoms with Gasteiger partial charge in [0.2, 0.25) is 0 Å². The van der Waals surface area contributed by atoms with Gasteiger partial charge in [-0.2, -0.15) is 10.5 Å². The maximum atomic E-state index is 14.5. The van der Waals surface area contributed by atoms with Crippen LogP contribution in [0.1, 0.15) is 66.7 Å². The highest BCUT2D eigenvalue weighted by Crippen LogP contribution is 2.65. The number of hydrogen-bond acceptors (Lipinski definition) is 5. The lowest BCUT2D eigenvalue weighted by Crippen LogP contribution is -2.68. The van der Waals surface area contributed by atoms with Crippen LogP contribution >= 0.6 is 0 Å². The Kier molecular flexibility index (Phi) is 4.55. The smallest absolute Gasteiger partial charge is 0.196 e. The summed E-state index contributed by atoms with van der Waals surface area (Å²) >= 11 is 0. The number of rotatable bonds is 2. The predicted octanol–water partition coefficient (Wildman–Crippen LogP) is 5.05. The summed E-state index contributed by atoms with van der Waals surface area (Å²) in [6.45, 7) is 15.3. The molecule has 5 nitrogen and oxygen atoms in total. The van der Waals surface area contributed by atoms with Crippen LogP contribution in [-0.4, -0.2) is 31.4 Å². The number of nitrogens with zero attached hydrogens (tertiary/aromatic N) is 2. The molecule has 0 radical (unpaired) electrons. The average molecular weight is 427 g/mol. The lowest BCUT2D eigenvalue weighted by Gasteiger charge is -2.56. The van der Waals surface area contributed by atoms with E-state index < -0.39 is 24.9 Å². The second-order valence-electron chi connectivity index (χ2n) is 11.8. The zero-order chi connectivity index (χ0) is 22.3. The van der Waals surface area contributed by atoms with Crippen LogP contribution in [0.2, 0.25) is 18.1 Å². The number of hydrogen-bond donors (Lipinski definition) is 0. The molecule has 0 unspecified atom stereocenters. The zero-order valence-corrected chi connectivity index (χ0v) is 20.4. The monoisotopic (exact) mass is 426 g/mol. The fourth-order valence-electron chi connectivity index (χ4n) is 6.17. The van der Waals surface area contributed by atoms with Gasteiger partial charge in [-0.05, 0) is 51.2 Å². The van der Waals surface area contributed by atoms with Gasteiger partial charge in [-0.15, -0.1) is 0 Å². The number of Topliss-reactive ketones (excluding diaryl/α,β-unsaturated/α-hetero) is 1. The summed E-state index contributed by atoms with van der Waals surface area (Å²) in [4.78, 5) is 14.5. The number of ether oxygens (including phenoxy) is 1. The summed E-state index contributed by atoms with van der Waals surface area (Å²) in [7, 11) is -2.26. The van der Waals surface area contributed by atoms with E-state index in [4.69, 9.17) is 9.16 Å². The molecule has 2 bridgehead atoms. The molecular weight excluding hydrogens is 392 g/mol. The van der Waals surface area contributed by atoms with Gasteiger partial charge in [0.1, 0.15) is 16.6 Å². The van der Waals surface area contributed by atoms with Gasteiger partial charge >= 0.3 is 0 Å². The zero-order valence-electron chi connectivity index (χ0n) is 19.4. The highest BCUT2D eigenvalue weighted by Gasteiger charge is 2.75. The summed E-state index contributed by atoms with van der Waals surface area (Å²) < 4.78 is 13.6. The Morgan fingerprint density at radius 2 is 1.80 bits per heavy atom. The highest BCUT2D eigenvalue weighted by atomic mass is 28.4. The molecule has 30 heavy (non-hydrogen) atoms. The Balaban J connectivity index is 1.85. The van der Waals surface area contributed by atoms with Gasteiger partial charge in [0.05, 0.1) is 18.2 Å². The van der Waals surface area contributed by atoms with Crippen LogP contribution in [0, 0.1) is 39.9 Å². The van der Waals surface area contributed by atoms with Gasteiger partial charge < -0.3 is 9.16 Å². The Labute approximate surface area is 181 Å². The third-order valence-corrected chi connectivity index (χ3v) is 13.5. The van der Waals surface area contributed by atoms with Crippen LogP contribution < -0.4 is 0 Å². The van der Waals surface area contributed by atoms with E-state index in [2.05, 4.69) is 59.9 Å². The van der Waals surface area contributed by atoms with E-state index >= 15 is 0 Å². The van der Waals surface area contributed by atoms with Crippen LogP contribution in [0.5, 0.6) is 0 Å². The number of carbonyl (C=O) groups is 1. The number of carbonyl (C=O) groups excluding carboxylic acids is 1. The van der Waals surface area contributed by atoms with Crippen molar-refractivity contribution in [1.29, 1.82) is 10.5 Å². The average Bonchev–Trinajstić information content (AvgIpc) is 3.12. The number of ketones is 1. The molecule has 2 saturated heterocycles. The molecule has 0 aromatic rings. The summed E-state index contributed by atoms with van der Waals surface area (Å²) in [6, 6.07) is 4.42. The maximum absolute atomic E-state index is 14.5. The van der Waals surface area contributed by atoms with E-state index in [9.17, 15) is 15.3 Å². The molecule has 1 saturated carbocycles. The number of nitriles is 2. The van der Waals surface area contributed by atoms with Gasteiger partial charge in [-0.3, -0.25) is 4.79 Å². The molecule has 1 spiro atoms. The molecule has 6 heteroatoms. The van der Waals surface area contributed by atoms with E-state index in [0.717, 1.165) is 12.8 Å². The molecule has 0 aromatic carbocycles. The summed E-state index contributed by atoms with van der Waals surface area (Å²) in [5.74, 6) is -0.0409. The first-order chi connectivity index (χ1) is 13.8. The van der Waals surface area contributed by atoms with Crippen molar-refractivity contribution >= 4 is 14.1 Å². The van der Waals surface area contributed by atoms with Crippen molar-refractivity contribution in [3.8, 4) is 12.1 Å². The minimum Gasteiger partial charge on any atom is -0.403 e. The van der Waals surface area contributed by atoms with E-state index in [-0.39, 0.29) is 35.2 Å². The summed E-state index contributed by atoms with van der Waals surface area (Å²) in [6.07, 6.45) is 2.74. The van der Waals surface area contributed by atoms with Crippen molar-refractivity contribution in [1.82, 2.24) is 0 Å². The Bertz CT molecular complexity index is 904. The molecule has 3 fully saturated rings. The number of fused-ring (bicyclic) bond motifs is 3. The first kappa shape index (κ1) is 21.7. The van der Waals surface area contributed by atoms with Crippen molar-refractivity contribution in [2.75, 3.05) is 0 Å². The van der Waals surface area contributed by atoms with Crippen molar-refractivity contribution in [3.05, 3.63) is 11.1 Å². The molecular formula is C24H34N2O3Si. The first-order valence-electron chi connectivity index (χ1n) is 11.2. The van der Waals surface area contributed by atoms with Gasteiger partial charge in [0.25, 0.3) is 0 Å². The van der Waals surface area contributed by atoms with E-state index in [1.807, 2.05) is 0 Å². The maximum Gasteiger partial charge on any atom is 0.196 e. The van der Waals surface area contributed by atoms with Crippen LogP contribution in [0.25, 0.3) is 0 Å². The second kappa shape index (κ2) is 6.28. The van der Waals surface area contributed by atoms with E-state index in [1.54, 1.807) is 0 Å². The lowest BCUT2D eigenvalue weighted by molar-refractivity contribution is -0.200. The molecule has 0 amide bonds. The van der Waals surface area contributed by atoms with Crippen LogP contribution in [0.3, 0.4) is 0 Å².